The van der Waals surface area contributed by atoms with Crippen molar-refractivity contribution in [3.05, 3.63) is 125 Å². The summed E-state index contributed by atoms with van der Waals surface area (Å²) in [5, 5.41) is 3.37. The number of hydrogen-bond acceptors (Lipinski definition) is 5. The van der Waals surface area contributed by atoms with Crippen molar-refractivity contribution < 1.29 is 22.7 Å². The van der Waals surface area contributed by atoms with Crippen molar-refractivity contribution in [3.63, 3.8) is 0 Å². The molecule has 4 rings (SSSR count). The van der Waals surface area contributed by atoms with Crippen LogP contribution in [0.5, 0.6) is 5.75 Å². The van der Waals surface area contributed by atoms with Crippen LogP contribution in [0.4, 0.5) is 5.69 Å². The number of halogens is 1. The molecule has 8 nitrogen and oxygen atoms in total. The maximum absolute atomic E-state index is 14.4. The summed E-state index contributed by atoms with van der Waals surface area (Å²) in [6.45, 7) is 3.92. The van der Waals surface area contributed by atoms with Gasteiger partial charge in [-0.2, -0.15) is 0 Å². The predicted molar refractivity (Wildman–Crippen MR) is 178 cm³/mol. The lowest BCUT2D eigenvalue weighted by atomic mass is 10.0. The Morgan fingerprint density at radius 3 is 2.11 bits per heavy atom. The molecule has 0 aromatic heterocycles. The number of amides is 2. The van der Waals surface area contributed by atoms with E-state index in [1.165, 1.54) is 24.1 Å². The lowest BCUT2D eigenvalue weighted by Gasteiger charge is -2.34. The van der Waals surface area contributed by atoms with Gasteiger partial charge in [0.15, 0.2) is 0 Å². The van der Waals surface area contributed by atoms with Crippen LogP contribution in [-0.4, -0.2) is 51.4 Å². The number of carbonyl (C=O) groups excluding carboxylic acids is 2. The number of methoxy groups -OCH3 is 1. The van der Waals surface area contributed by atoms with Gasteiger partial charge in [-0.25, -0.2) is 8.42 Å². The number of rotatable bonds is 14. The Labute approximate surface area is 270 Å². The van der Waals surface area contributed by atoms with Gasteiger partial charge in [-0.05, 0) is 73.0 Å². The van der Waals surface area contributed by atoms with E-state index in [0.717, 1.165) is 27.4 Å². The molecule has 4 aromatic carbocycles. The normalized spacial score (nSPS) is 11.8. The molecule has 236 valence electrons. The molecule has 0 aliphatic rings. The molecule has 0 unspecified atom stereocenters. The van der Waals surface area contributed by atoms with Crippen LogP contribution in [0.3, 0.4) is 0 Å². The van der Waals surface area contributed by atoms with Crippen molar-refractivity contribution in [2.24, 2.45) is 0 Å². The van der Waals surface area contributed by atoms with Crippen LogP contribution < -0.4 is 14.4 Å². The third kappa shape index (κ3) is 8.86. The molecular formula is C35H38ClN3O5S. The number of ether oxygens (including phenoxy) is 1. The molecule has 0 aliphatic heterocycles. The van der Waals surface area contributed by atoms with Gasteiger partial charge in [-0.3, -0.25) is 13.9 Å². The highest BCUT2D eigenvalue weighted by Gasteiger charge is 2.34. The Morgan fingerprint density at radius 2 is 1.51 bits per heavy atom. The van der Waals surface area contributed by atoms with Crippen LogP contribution in [0.2, 0.25) is 5.02 Å². The van der Waals surface area contributed by atoms with E-state index in [0.29, 0.717) is 17.3 Å². The fourth-order valence-corrected chi connectivity index (χ4v) is 6.36. The van der Waals surface area contributed by atoms with Crippen molar-refractivity contribution in [1.82, 2.24) is 10.2 Å². The first-order valence-electron chi connectivity index (χ1n) is 14.7. The van der Waals surface area contributed by atoms with E-state index in [1.54, 1.807) is 36.4 Å². The van der Waals surface area contributed by atoms with Gasteiger partial charge in [0.2, 0.25) is 11.8 Å². The minimum Gasteiger partial charge on any atom is -0.497 e. The fourth-order valence-electron chi connectivity index (χ4n) is 4.82. The second kappa shape index (κ2) is 15.6. The van der Waals surface area contributed by atoms with Gasteiger partial charge in [-0.15, -0.1) is 0 Å². The Kier molecular flexibility index (Phi) is 11.6. The largest absolute Gasteiger partial charge is 0.497 e. The molecule has 0 spiro atoms. The van der Waals surface area contributed by atoms with Crippen LogP contribution in [0, 0.1) is 6.92 Å². The highest BCUT2D eigenvalue weighted by molar-refractivity contribution is 7.92. The molecule has 1 atom stereocenters. The zero-order valence-corrected chi connectivity index (χ0v) is 27.2. The van der Waals surface area contributed by atoms with Crippen molar-refractivity contribution in [1.29, 1.82) is 0 Å². The highest BCUT2D eigenvalue weighted by atomic mass is 35.5. The quantitative estimate of drug-likeness (QED) is 0.181. The predicted octanol–water partition coefficient (Wildman–Crippen LogP) is 6.02. The zero-order chi connectivity index (χ0) is 32.4. The number of hydrogen-bond donors (Lipinski definition) is 1. The van der Waals surface area contributed by atoms with E-state index in [-0.39, 0.29) is 29.5 Å². The van der Waals surface area contributed by atoms with E-state index in [9.17, 15) is 18.0 Å². The number of aryl methyl sites for hydroxylation is 1. The lowest BCUT2D eigenvalue weighted by Crippen LogP contribution is -2.53. The van der Waals surface area contributed by atoms with Crippen molar-refractivity contribution in [2.45, 2.75) is 44.2 Å². The Balaban J connectivity index is 1.78. The standard InChI is InChI=1S/C35H38ClN3O5S/c1-4-22-37-35(41)33(23-27-8-6-5-7-9-27)38(24-28-12-10-26(2)11-13-28)34(40)25-39(30-16-14-29(36)15-17-30)45(42,43)32-20-18-31(44-3)19-21-32/h5-21,33H,4,22-25H2,1-3H3,(H,37,41)/t33-/m0/s1. The van der Waals surface area contributed by atoms with Gasteiger partial charge in [0.1, 0.15) is 18.3 Å². The summed E-state index contributed by atoms with van der Waals surface area (Å²) in [6, 6.07) is 28.5. The van der Waals surface area contributed by atoms with Crippen LogP contribution in [0.1, 0.15) is 30.0 Å². The number of anilines is 1. The van der Waals surface area contributed by atoms with E-state index >= 15 is 0 Å². The Hall–Kier alpha value is -4.34. The summed E-state index contributed by atoms with van der Waals surface area (Å²) >= 11 is 6.13. The van der Waals surface area contributed by atoms with E-state index in [4.69, 9.17) is 16.3 Å². The molecule has 45 heavy (non-hydrogen) atoms. The van der Waals surface area contributed by atoms with E-state index < -0.39 is 28.5 Å². The molecule has 0 radical (unpaired) electrons. The minimum absolute atomic E-state index is 0.0161. The first kappa shape index (κ1) is 33.6. The first-order chi connectivity index (χ1) is 21.6. The topological polar surface area (TPSA) is 96.0 Å². The first-order valence-corrected chi connectivity index (χ1v) is 16.5. The monoisotopic (exact) mass is 647 g/mol. The molecule has 0 saturated heterocycles. The highest BCUT2D eigenvalue weighted by Crippen LogP contribution is 2.27. The van der Waals surface area contributed by atoms with Gasteiger partial charge >= 0.3 is 0 Å². The third-order valence-corrected chi connectivity index (χ3v) is 9.37. The lowest BCUT2D eigenvalue weighted by molar-refractivity contribution is -0.140. The summed E-state index contributed by atoms with van der Waals surface area (Å²) in [7, 11) is -2.74. The average Bonchev–Trinajstić information content (AvgIpc) is 3.05. The Bertz CT molecular complexity index is 1660. The number of sulfonamides is 1. The maximum Gasteiger partial charge on any atom is 0.264 e. The Morgan fingerprint density at radius 1 is 0.867 bits per heavy atom. The summed E-state index contributed by atoms with van der Waals surface area (Å²) in [5.74, 6) is -0.346. The van der Waals surface area contributed by atoms with E-state index in [1.807, 2.05) is 68.4 Å². The third-order valence-electron chi connectivity index (χ3n) is 7.33. The minimum atomic E-state index is -4.23. The van der Waals surface area contributed by atoms with Crippen molar-refractivity contribution in [3.8, 4) is 5.75 Å². The molecule has 0 saturated carbocycles. The molecular weight excluding hydrogens is 610 g/mol. The number of nitrogens with one attached hydrogen (secondary N) is 1. The number of benzene rings is 4. The molecule has 0 aliphatic carbocycles. The summed E-state index contributed by atoms with van der Waals surface area (Å²) in [6.07, 6.45) is 0.973. The molecule has 4 aromatic rings. The van der Waals surface area contributed by atoms with Gasteiger partial charge in [0.25, 0.3) is 10.0 Å². The van der Waals surface area contributed by atoms with Crippen molar-refractivity contribution in [2.75, 3.05) is 24.5 Å². The van der Waals surface area contributed by atoms with Crippen LogP contribution in [-0.2, 0) is 32.6 Å². The van der Waals surface area contributed by atoms with Crippen molar-refractivity contribution >= 4 is 39.1 Å². The number of carbonyl (C=O) groups is 2. The second-order valence-corrected chi connectivity index (χ2v) is 13.0. The average molecular weight is 648 g/mol. The van der Waals surface area contributed by atoms with Gasteiger partial charge < -0.3 is 15.0 Å². The molecule has 0 bridgehead atoms. The second-order valence-electron chi connectivity index (χ2n) is 10.7. The maximum atomic E-state index is 14.4. The number of nitrogens with zero attached hydrogens (tertiary/aromatic N) is 2. The molecule has 2 amide bonds. The SMILES string of the molecule is CCCNC(=O)[C@H](Cc1ccccc1)N(Cc1ccc(C)cc1)C(=O)CN(c1ccc(Cl)cc1)S(=O)(=O)c1ccc(OC)cc1. The van der Waals surface area contributed by atoms with Gasteiger partial charge in [0.05, 0.1) is 17.7 Å². The smallest absolute Gasteiger partial charge is 0.264 e. The molecule has 1 N–H and O–H groups in total. The van der Waals surface area contributed by atoms with Gasteiger partial charge in [0, 0.05) is 24.5 Å². The molecule has 0 fully saturated rings. The van der Waals surface area contributed by atoms with Crippen LogP contribution in [0.15, 0.2) is 108 Å². The summed E-state index contributed by atoms with van der Waals surface area (Å²) < 4.78 is 34.5. The fraction of sp³-hybridized carbons (Fsp3) is 0.257. The summed E-state index contributed by atoms with van der Waals surface area (Å²) in [4.78, 5) is 29.6. The van der Waals surface area contributed by atoms with Crippen LogP contribution in [0.25, 0.3) is 0 Å². The zero-order valence-electron chi connectivity index (χ0n) is 25.6. The van der Waals surface area contributed by atoms with E-state index in [2.05, 4.69) is 5.32 Å². The molecule has 0 heterocycles. The van der Waals surface area contributed by atoms with Crippen LogP contribution >= 0.6 is 11.6 Å². The van der Waals surface area contributed by atoms with Gasteiger partial charge in [-0.1, -0.05) is 78.7 Å². The summed E-state index contributed by atoms with van der Waals surface area (Å²) in [5.41, 5.74) is 2.99. The molecule has 10 heteroatoms.